The molecule has 1 aromatic carbocycles. The average molecular weight is 299 g/mol. The smallest absolute Gasteiger partial charge is 0.322 e. The largest absolute Gasteiger partial charge is 0.350 e. The first-order valence-electron chi connectivity index (χ1n) is 6.37. The van der Waals surface area contributed by atoms with Crippen molar-refractivity contribution < 1.29 is 18.4 Å². The lowest BCUT2D eigenvalue weighted by Crippen LogP contribution is -2.47. The van der Waals surface area contributed by atoms with E-state index in [9.17, 15) is 18.4 Å². The molecular weight excluding hydrogens is 280 g/mol. The summed E-state index contributed by atoms with van der Waals surface area (Å²) in [5.74, 6) is -2.54. The number of urea groups is 1. The molecule has 21 heavy (non-hydrogen) atoms. The second-order valence-electron chi connectivity index (χ2n) is 5.69. The van der Waals surface area contributed by atoms with Gasteiger partial charge in [-0.3, -0.25) is 4.79 Å². The highest BCUT2D eigenvalue weighted by Crippen LogP contribution is 2.16. The summed E-state index contributed by atoms with van der Waals surface area (Å²) in [6, 6.07) is 2.76. The molecule has 0 aliphatic rings. The van der Waals surface area contributed by atoms with Crippen molar-refractivity contribution in [1.82, 2.24) is 10.2 Å². The molecule has 0 aromatic heterocycles. The standard InChI is InChI=1S/C14H19F2N3O2/c1-14(2,3)18-11(20)8-19(4)13(21)17-10-7-5-6-9(15)12(10)16/h5-7H,8H2,1-4H3,(H,17,21)(H,18,20). The van der Waals surface area contributed by atoms with Crippen LogP contribution in [0.1, 0.15) is 20.8 Å². The van der Waals surface area contributed by atoms with Gasteiger partial charge in [0.05, 0.1) is 5.69 Å². The average Bonchev–Trinajstić information content (AvgIpc) is 2.32. The van der Waals surface area contributed by atoms with Crippen molar-refractivity contribution in [2.45, 2.75) is 26.3 Å². The number of anilines is 1. The van der Waals surface area contributed by atoms with Gasteiger partial charge in [0, 0.05) is 12.6 Å². The highest BCUT2D eigenvalue weighted by Gasteiger charge is 2.19. The number of nitrogens with one attached hydrogen (secondary N) is 2. The van der Waals surface area contributed by atoms with Crippen LogP contribution in [0.5, 0.6) is 0 Å². The molecule has 2 N–H and O–H groups in total. The van der Waals surface area contributed by atoms with Gasteiger partial charge in [-0.1, -0.05) is 6.07 Å². The van der Waals surface area contributed by atoms with Crippen LogP contribution in [-0.4, -0.2) is 36.0 Å². The Hall–Kier alpha value is -2.18. The summed E-state index contributed by atoms with van der Waals surface area (Å²) < 4.78 is 26.4. The Bertz CT molecular complexity index is 542. The topological polar surface area (TPSA) is 61.4 Å². The molecule has 1 rings (SSSR count). The quantitative estimate of drug-likeness (QED) is 0.900. The van der Waals surface area contributed by atoms with Crippen LogP contribution in [0.25, 0.3) is 0 Å². The van der Waals surface area contributed by atoms with E-state index in [1.807, 2.05) is 20.8 Å². The molecule has 116 valence electrons. The molecule has 3 amide bonds. The summed E-state index contributed by atoms with van der Waals surface area (Å²) in [4.78, 5) is 24.6. The molecule has 0 aliphatic heterocycles. The second-order valence-corrected chi connectivity index (χ2v) is 5.69. The first-order chi connectivity index (χ1) is 9.60. The molecule has 1 aromatic rings. The summed E-state index contributed by atoms with van der Waals surface area (Å²) in [5, 5.41) is 4.91. The Balaban J connectivity index is 2.63. The van der Waals surface area contributed by atoms with Crippen LogP contribution in [0.3, 0.4) is 0 Å². The van der Waals surface area contributed by atoms with Gasteiger partial charge in [0.25, 0.3) is 0 Å². The molecule has 0 fully saturated rings. The normalized spacial score (nSPS) is 11.0. The zero-order chi connectivity index (χ0) is 16.2. The number of amides is 3. The predicted octanol–water partition coefficient (Wildman–Crippen LogP) is 2.34. The van der Waals surface area contributed by atoms with E-state index < -0.39 is 23.2 Å². The van der Waals surface area contributed by atoms with Gasteiger partial charge in [0.2, 0.25) is 5.91 Å². The van der Waals surface area contributed by atoms with Crippen LogP contribution >= 0.6 is 0 Å². The zero-order valence-corrected chi connectivity index (χ0v) is 12.5. The number of hydrogen-bond acceptors (Lipinski definition) is 2. The van der Waals surface area contributed by atoms with E-state index in [1.54, 1.807) is 0 Å². The summed E-state index contributed by atoms with van der Waals surface area (Å²) in [7, 11) is 1.38. The van der Waals surface area contributed by atoms with Gasteiger partial charge in [-0.25, -0.2) is 13.6 Å². The fraction of sp³-hybridized carbons (Fsp3) is 0.429. The maximum absolute atomic E-state index is 13.4. The Labute approximate surface area is 122 Å². The highest BCUT2D eigenvalue weighted by molar-refractivity contribution is 5.92. The zero-order valence-electron chi connectivity index (χ0n) is 12.5. The van der Waals surface area contributed by atoms with Crippen molar-refractivity contribution in [3.8, 4) is 0 Å². The van der Waals surface area contributed by atoms with Crippen LogP contribution in [-0.2, 0) is 4.79 Å². The third-order valence-corrected chi connectivity index (χ3v) is 2.44. The maximum Gasteiger partial charge on any atom is 0.322 e. The lowest BCUT2D eigenvalue weighted by molar-refractivity contribution is -0.122. The highest BCUT2D eigenvalue weighted by atomic mass is 19.2. The molecule has 0 bridgehead atoms. The number of hydrogen-bond donors (Lipinski definition) is 2. The minimum atomic E-state index is -1.14. The van der Waals surface area contributed by atoms with Crippen LogP contribution in [0, 0.1) is 11.6 Å². The number of likely N-dealkylation sites (N-methyl/N-ethyl adjacent to an activating group) is 1. The molecule has 0 radical (unpaired) electrons. The number of carbonyl (C=O) groups is 2. The predicted molar refractivity (Wildman–Crippen MR) is 75.9 cm³/mol. The third-order valence-electron chi connectivity index (χ3n) is 2.44. The molecule has 0 unspecified atom stereocenters. The van der Waals surface area contributed by atoms with Crippen molar-refractivity contribution in [3.05, 3.63) is 29.8 Å². The van der Waals surface area contributed by atoms with Crippen LogP contribution in [0.4, 0.5) is 19.3 Å². The molecule has 0 aliphatic carbocycles. The van der Waals surface area contributed by atoms with Crippen molar-refractivity contribution in [2.75, 3.05) is 18.9 Å². The second kappa shape index (κ2) is 6.51. The van der Waals surface area contributed by atoms with Crippen LogP contribution in [0.2, 0.25) is 0 Å². The van der Waals surface area contributed by atoms with E-state index in [4.69, 9.17) is 0 Å². The van der Waals surface area contributed by atoms with E-state index in [0.717, 1.165) is 11.0 Å². The summed E-state index contributed by atoms with van der Waals surface area (Å²) >= 11 is 0. The monoisotopic (exact) mass is 299 g/mol. The lowest BCUT2D eigenvalue weighted by atomic mass is 10.1. The summed E-state index contributed by atoms with van der Waals surface area (Å²) in [6.45, 7) is 5.24. The molecule has 0 saturated carbocycles. The Morgan fingerprint density at radius 2 is 1.86 bits per heavy atom. The van der Waals surface area contributed by atoms with Crippen molar-refractivity contribution in [2.24, 2.45) is 0 Å². The van der Waals surface area contributed by atoms with E-state index >= 15 is 0 Å². The van der Waals surface area contributed by atoms with Crippen molar-refractivity contribution >= 4 is 17.6 Å². The van der Waals surface area contributed by atoms with Crippen LogP contribution in [0.15, 0.2) is 18.2 Å². The maximum atomic E-state index is 13.4. The minimum Gasteiger partial charge on any atom is -0.350 e. The SMILES string of the molecule is CN(CC(=O)NC(C)(C)C)C(=O)Nc1cccc(F)c1F. The molecule has 0 saturated heterocycles. The summed E-state index contributed by atoms with van der Waals surface area (Å²) in [5.41, 5.74) is -0.689. The number of benzene rings is 1. The fourth-order valence-corrected chi connectivity index (χ4v) is 1.56. The molecule has 7 heteroatoms. The number of nitrogens with zero attached hydrogens (tertiary/aromatic N) is 1. The van der Waals surface area contributed by atoms with Crippen LogP contribution < -0.4 is 10.6 Å². The van der Waals surface area contributed by atoms with Crippen molar-refractivity contribution in [3.63, 3.8) is 0 Å². The van der Waals surface area contributed by atoms with Crippen molar-refractivity contribution in [1.29, 1.82) is 0 Å². The molecule has 0 atom stereocenters. The molecule has 0 heterocycles. The number of halogens is 2. The van der Waals surface area contributed by atoms with E-state index in [1.165, 1.54) is 19.2 Å². The van der Waals surface area contributed by atoms with Gasteiger partial charge in [0.15, 0.2) is 11.6 Å². The molecular formula is C14H19F2N3O2. The van der Waals surface area contributed by atoms with Gasteiger partial charge in [-0.15, -0.1) is 0 Å². The Kier molecular flexibility index (Phi) is 5.23. The van der Waals surface area contributed by atoms with E-state index in [0.29, 0.717) is 0 Å². The van der Waals surface area contributed by atoms with Gasteiger partial charge < -0.3 is 15.5 Å². The third kappa shape index (κ3) is 5.37. The number of carbonyl (C=O) groups excluding carboxylic acids is 2. The first kappa shape index (κ1) is 16.9. The summed E-state index contributed by atoms with van der Waals surface area (Å²) in [6.07, 6.45) is 0. The molecule has 0 spiro atoms. The van der Waals surface area contributed by atoms with Gasteiger partial charge in [-0.2, -0.15) is 0 Å². The Morgan fingerprint density at radius 1 is 1.24 bits per heavy atom. The van der Waals surface area contributed by atoms with Gasteiger partial charge in [-0.05, 0) is 32.9 Å². The fourth-order valence-electron chi connectivity index (χ4n) is 1.56. The van der Waals surface area contributed by atoms with Gasteiger partial charge in [0.1, 0.15) is 6.54 Å². The minimum absolute atomic E-state index is 0.194. The molecule has 5 nitrogen and oxygen atoms in total. The van der Waals surface area contributed by atoms with Gasteiger partial charge >= 0.3 is 6.03 Å². The van der Waals surface area contributed by atoms with E-state index in [-0.39, 0.29) is 18.1 Å². The Morgan fingerprint density at radius 3 is 2.43 bits per heavy atom. The number of rotatable bonds is 3. The lowest BCUT2D eigenvalue weighted by Gasteiger charge is -2.23. The first-order valence-corrected chi connectivity index (χ1v) is 6.37. The van der Waals surface area contributed by atoms with E-state index in [2.05, 4.69) is 10.6 Å².